The first kappa shape index (κ1) is 10.6. The van der Waals surface area contributed by atoms with Crippen molar-refractivity contribution >= 4 is 0 Å². The molecule has 0 aromatic carbocycles. The molecule has 0 spiro atoms. The highest BCUT2D eigenvalue weighted by molar-refractivity contribution is 4.97. The zero-order chi connectivity index (χ0) is 10.7. The van der Waals surface area contributed by atoms with E-state index in [9.17, 15) is 0 Å². The van der Waals surface area contributed by atoms with E-state index in [2.05, 4.69) is 29.3 Å². The molecule has 1 fully saturated rings. The number of hydrogen-bond donors (Lipinski definition) is 1. The Bertz CT molecular complexity index is 303. The molecule has 1 saturated carbocycles. The van der Waals surface area contributed by atoms with Crippen LogP contribution < -0.4 is 5.32 Å². The van der Waals surface area contributed by atoms with E-state index in [4.69, 9.17) is 4.52 Å². The summed E-state index contributed by atoms with van der Waals surface area (Å²) in [6, 6.07) is 0.451. The maximum atomic E-state index is 5.20. The van der Waals surface area contributed by atoms with E-state index in [1.54, 1.807) is 0 Å². The molecule has 1 aromatic rings. The summed E-state index contributed by atoms with van der Waals surface area (Å²) in [5.41, 5.74) is 0. The fourth-order valence-electron chi connectivity index (χ4n) is 1.98. The molecule has 1 N–H and O–H groups in total. The van der Waals surface area contributed by atoms with Gasteiger partial charge in [0, 0.05) is 12.0 Å². The van der Waals surface area contributed by atoms with Gasteiger partial charge in [0.15, 0.2) is 5.82 Å². The lowest BCUT2D eigenvalue weighted by atomic mass is 10.1. The molecule has 2 rings (SSSR count). The van der Waals surface area contributed by atoms with Crippen molar-refractivity contribution < 1.29 is 4.52 Å². The van der Waals surface area contributed by atoms with Crippen molar-refractivity contribution in [3.63, 3.8) is 0 Å². The summed E-state index contributed by atoms with van der Waals surface area (Å²) in [5.74, 6) is 2.17. The maximum Gasteiger partial charge on any atom is 0.240 e. The average Bonchev–Trinajstić information content (AvgIpc) is 2.85. The molecule has 1 aliphatic carbocycles. The molecule has 0 atom stereocenters. The first-order chi connectivity index (χ1) is 7.25. The molecule has 15 heavy (non-hydrogen) atoms. The van der Waals surface area contributed by atoms with Crippen LogP contribution in [-0.2, 0) is 6.54 Å². The Morgan fingerprint density at radius 2 is 2.13 bits per heavy atom. The van der Waals surface area contributed by atoms with Gasteiger partial charge >= 0.3 is 0 Å². The van der Waals surface area contributed by atoms with E-state index in [1.165, 1.54) is 25.7 Å². The van der Waals surface area contributed by atoms with Crippen molar-refractivity contribution in [3.05, 3.63) is 11.7 Å². The molecule has 84 valence electrons. The van der Waals surface area contributed by atoms with Gasteiger partial charge in [-0.25, -0.2) is 0 Å². The van der Waals surface area contributed by atoms with Gasteiger partial charge in [-0.15, -0.1) is 0 Å². The third kappa shape index (κ3) is 2.78. The summed E-state index contributed by atoms with van der Waals surface area (Å²) in [7, 11) is 0. The summed E-state index contributed by atoms with van der Waals surface area (Å²) < 4.78 is 5.20. The van der Waals surface area contributed by atoms with Crippen molar-refractivity contribution in [3.8, 4) is 0 Å². The lowest BCUT2D eigenvalue weighted by Gasteiger charge is -2.03. The molecule has 0 bridgehead atoms. The van der Waals surface area contributed by atoms with Crippen LogP contribution in [0.2, 0.25) is 0 Å². The molecule has 1 aliphatic rings. The summed E-state index contributed by atoms with van der Waals surface area (Å²) in [4.78, 5) is 4.42. The first-order valence-electron chi connectivity index (χ1n) is 5.81. The van der Waals surface area contributed by atoms with Gasteiger partial charge in [-0.3, -0.25) is 0 Å². The zero-order valence-corrected chi connectivity index (χ0v) is 9.49. The highest BCUT2D eigenvalue weighted by Crippen LogP contribution is 2.32. The van der Waals surface area contributed by atoms with Crippen LogP contribution in [0.1, 0.15) is 57.2 Å². The number of rotatable bonds is 4. The van der Waals surface area contributed by atoms with Crippen molar-refractivity contribution in [2.45, 2.75) is 58.0 Å². The lowest BCUT2D eigenvalue weighted by Crippen LogP contribution is -2.21. The van der Waals surface area contributed by atoms with E-state index < -0.39 is 0 Å². The number of nitrogens with one attached hydrogen (secondary N) is 1. The van der Waals surface area contributed by atoms with Crippen LogP contribution in [0.3, 0.4) is 0 Å². The largest absolute Gasteiger partial charge is 0.338 e. The molecule has 0 radical (unpaired) electrons. The van der Waals surface area contributed by atoms with Gasteiger partial charge in [-0.1, -0.05) is 31.8 Å². The Labute approximate surface area is 90.4 Å². The predicted octanol–water partition coefficient (Wildman–Crippen LogP) is 2.23. The fraction of sp³-hybridized carbons (Fsp3) is 0.818. The molecule has 0 unspecified atom stereocenters. The second-order valence-electron chi connectivity index (χ2n) is 4.56. The standard InChI is InChI=1S/C11H19N3O/c1-8(2)12-7-10-13-11(14-15-10)9-5-3-4-6-9/h8-9,12H,3-7H2,1-2H3. The van der Waals surface area contributed by atoms with Crippen molar-refractivity contribution in [2.75, 3.05) is 0 Å². The van der Waals surface area contributed by atoms with Crippen molar-refractivity contribution in [2.24, 2.45) is 0 Å². The number of nitrogens with zero attached hydrogens (tertiary/aromatic N) is 2. The normalized spacial score (nSPS) is 17.8. The highest BCUT2D eigenvalue weighted by atomic mass is 16.5. The van der Waals surface area contributed by atoms with Gasteiger partial charge < -0.3 is 9.84 Å². The number of aromatic nitrogens is 2. The topological polar surface area (TPSA) is 51.0 Å². The maximum absolute atomic E-state index is 5.20. The Balaban J connectivity index is 1.91. The van der Waals surface area contributed by atoms with Gasteiger partial charge in [0.1, 0.15) is 0 Å². The smallest absolute Gasteiger partial charge is 0.240 e. The minimum absolute atomic E-state index is 0.451. The van der Waals surface area contributed by atoms with E-state index >= 15 is 0 Å². The summed E-state index contributed by atoms with van der Waals surface area (Å²) in [6.45, 7) is 4.89. The Morgan fingerprint density at radius 3 is 2.80 bits per heavy atom. The Kier molecular flexibility index (Phi) is 3.36. The molecule has 0 amide bonds. The van der Waals surface area contributed by atoms with Crippen molar-refractivity contribution in [1.82, 2.24) is 15.5 Å². The molecular formula is C11H19N3O. The van der Waals surface area contributed by atoms with Crippen LogP contribution in [0, 0.1) is 0 Å². The SMILES string of the molecule is CC(C)NCc1nc(C2CCCC2)no1. The molecule has 4 heteroatoms. The van der Waals surface area contributed by atoms with Crippen LogP contribution in [-0.4, -0.2) is 16.2 Å². The van der Waals surface area contributed by atoms with Gasteiger partial charge in [-0.2, -0.15) is 4.98 Å². The summed E-state index contributed by atoms with van der Waals surface area (Å²) >= 11 is 0. The molecule has 1 heterocycles. The monoisotopic (exact) mass is 209 g/mol. The Hall–Kier alpha value is -0.900. The summed E-state index contributed by atoms with van der Waals surface area (Å²) in [6.07, 6.45) is 5.05. The highest BCUT2D eigenvalue weighted by Gasteiger charge is 2.22. The molecule has 4 nitrogen and oxygen atoms in total. The van der Waals surface area contributed by atoms with Crippen molar-refractivity contribution in [1.29, 1.82) is 0 Å². The average molecular weight is 209 g/mol. The third-order valence-corrected chi connectivity index (χ3v) is 2.87. The second kappa shape index (κ2) is 4.75. The van der Waals surface area contributed by atoms with Gasteiger partial charge in [0.25, 0.3) is 0 Å². The fourth-order valence-corrected chi connectivity index (χ4v) is 1.98. The second-order valence-corrected chi connectivity index (χ2v) is 4.56. The molecular weight excluding hydrogens is 190 g/mol. The van der Waals surface area contributed by atoms with Gasteiger partial charge in [0.2, 0.25) is 5.89 Å². The minimum Gasteiger partial charge on any atom is -0.338 e. The van der Waals surface area contributed by atoms with E-state index in [0.29, 0.717) is 24.4 Å². The number of hydrogen-bond acceptors (Lipinski definition) is 4. The molecule has 1 aromatic heterocycles. The quantitative estimate of drug-likeness (QED) is 0.826. The summed E-state index contributed by atoms with van der Waals surface area (Å²) in [5, 5.41) is 7.32. The van der Waals surface area contributed by atoms with Crippen LogP contribution in [0.4, 0.5) is 0 Å². The first-order valence-corrected chi connectivity index (χ1v) is 5.81. The van der Waals surface area contributed by atoms with Gasteiger partial charge in [0.05, 0.1) is 6.54 Å². The van der Waals surface area contributed by atoms with E-state index in [-0.39, 0.29) is 0 Å². The lowest BCUT2D eigenvalue weighted by molar-refractivity contribution is 0.355. The molecule has 0 aliphatic heterocycles. The van der Waals surface area contributed by atoms with Crippen LogP contribution in [0.5, 0.6) is 0 Å². The van der Waals surface area contributed by atoms with E-state index in [1.807, 2.05) is 0 Å². The Morgan fingerprint density at radius 1 is 1.40 bits per heavy atom. The molecule has 0 saturated heterocycles. The van der Waals surface area contributed by atoms with Crippen LogP contribution in [0.15, 0.2) is 4.52 Å². The van der Waals surface area contributed by atoms with Gasteiger partial charge in [-0.05, 0) is 12.8 Å². The van der Waals surface area contributed by atoms with Crippen LogP contribution >= 0.6 is 0 Å². The minimum atomic E-state index is 0.451. The van der Waals surface area contributed by atoms with E-state index in [0.717, 1.165) is 5.82 Å². The predicted molar refractivity (Wildman–Crippen MR) is 57.5 cm³/mol. The van der Waals surface area contributed by atoms with Crippen LogP contribution in [0.25, 0.3) is 0 Å². The third-order valence-electron chi connectivity index (χ3n) is 2.87. The zero-order valence-electron chi connectivity index (χ0n) is 9.49.